The Labute approximate surface area is 237 Å². The number of nitrogens with two attached hydrogens (primary N) is 1. The third-order valence-electron chi connectivity index (χ3n) is 5.55. The van der Waals surface area contributed by atoms with Gasteiger partial charge in [0, 0.05) is 29.1 Å². The highest BCUT2D eigenvalue weighted by atomic mass is 32.1. The van der Waals surface area contributed by atoms with Crippen molar-refractivity contribution in [3.05, 3.63) is 59.0 Å². The normalized spacial score (nSPS) is 10.9. The minimum absolute atomic E-state index is 0.0108. The van der Waals surface area contributed by atoms with Crippen LogP contribution in [0.4, 0.5) is 30.2 Å². The number of benzene rings is 2. The van der Waals surface area contributed by atoms with Crippen LogP contribution in [-0.4, -0.2) is 61.1 Å². The third kappa shape index (κ3) is 7.08. The molecule has 0 aliphatic rings. The van der Waals surface area contributed by atoms with Crippen LogP contribution in [0.2, 0.25) is 0 Å². The number of thiazole rings is 2. The molecule has 0 fully saturated rings. The zero-order valence-electron chi connectivity index (χ0n) is 21.9. The summed E-state index contributed by atoms with van der Waals surface area (Å²) in [6.45, 7) is 1.34. The number of ether oxygens (including phenoxy) is 1. The van der Waals surface area contributed by atoms with Crippen LogP contribution in [0.15, 0.2) is 41.8 Å². The minimum atomic E-state index is -0.935. The molecule has 40 heavy (non-hydrogen) atoms. The summed E-state index contributed by atoms with van der Waals surface area (Å²) in [5, 5.41) is 10.2. The molecule has 5 N–H and O–H groups in total. The molecule has 0 aliphatic heterocycles. The maximum Gasteiger partial charge on any atom is 0.321 e. The van der Waals surface area contributed by atoms with Gasteiger partial charge in [-0.2, -0.15) is 0 Å². The van der Waals surface area contributed by atoms with E-state index in [9.17, 15) is 18.4 Å². The van der Waals surface area contributed by atoms with E-state index >= 15 is 0 Å². The molecule has 2 aromatic carbocycles. The first-order valence-electron chi connectivity index (χ1n) is 12.0. The Bertz CT molecular complexity index is 1520. The SMILES string of the molecule is COc1cccc(C(=O)Nc2cc(-c3csc(-c4sc(NC(=O)NCCCN(C)C)nc4N)n3)c(F)cc2F)c1. The Kier molecular flexibility index (Phi) is 9.24. The number of nitrogens with zero attached hydrogens (tertiary/aromatic N) is 3. The van der Waals surface area contributed by atoms with Gasteiger partial charge in [-0.3, -0.25) is 10.1 Å². The van der Waals surface area contributed by atoms with Gasteiger partial charge in [-0.1, -0.05) is 17.4 Å². The van der Waals surface area contributed by atoms with E-state index in [2.05, 4.69) is 25.9 Å². The molecule has 0 radical (unpaired) electrons. The smallest absolute Gasteiger partial charge is 0.321 e. The number of hydrogen-bond donors (Lipinski definition) is 4. The number of aromatic nitrogens is 2. The van der Waals surface area contributed by atoms with Gasteiger partial charge in [-0.05, 0) is 51.3 Å². The summed E-state index contributed by atoms with van der Waals surface area (Å²) in [6, 6.07) is 7.82. The van der Waals surface area contributed by atoms with Crippen LogP contribution in [0.1, 0.15) is 16.8 Å². The number of anilines is 3. The van der Waals surface area contributed by atoms with Crippen LogP contribution >= 0.6 is 22.7 Å². The first-order valence-corrected chi connectivity index (χ1v) is 13.7. The maximum absolute atomic E-state index is 14.8. The number of amides is 3. The van der Waals surface area contributed by atoms with E-state index < -0.39 is 23.6 Å². The Morgan fingerprint density at radius 3 is 2.65 bits per heavy atom. The first kappa shape index (κ1) is 28.9. The maximum atomic E-state index is 14.8. The van der Waals surface area contributed by atoms with Gasteiger partial charge in [0.05, 0.1) is 18.5 Å². The third-order valence-corrected chi connectivity index (χ3v) is 7.54. The van der Waals surface area contributed by atoms with Crippen LogP contribution in [0, 0.1) is 11.6 Å². The minimum Gasteiger partial charge on any atom is -0.497 e. The summed E-state index contributed by atoms with van der Waals surface area (Å²) in [7, 11) is 5.37. The van der Waals surface area contributed by atoms with Gasteiger partial charge in [0.2, 0.25) is 0 Å². The number of nitrogen functional groups attached to an aromatic ring is 1. The van der Waals surface area contributed by atoms with Crippen LogP contribution in [0.5, 0.6) is 5.75 Å². The number of methoxy groups -OCH3 is 1. The lowest BCUT2D eigenvalue weighted by molar-refractivity contribution is 0.102. The van der Waals surface area contributed by atoms with E-state index in [-0.39, 0.29) is 33.5 Å². The molecule has 0 bridgehead atoms. The van der Waals surface area contributed by atoms with Crippen molar-refractivity contribution in [3.8, 4) is 26.9 Å². The number of rotatable bonds is 10. The van der Waals surface area contributed by atoms with Crippen LogP contribution < -0.4 is 26.4 Å². The molecule has 10 nitrogen and oxygen atoms in total. The Morgan fingerprint density at radius 2 is 1.90 bits per heavy atom. The van der Waals surface area contributed by atoms with Crippen molar-refractivity contribution in [3.63, 3.8) is 0 Å². The number of halogens is 2. The molecule has 0 spiro atoms. The van der Waals surface area contributed by atoms with Crippen molar-refractivity contribution in [2.75, 3.05) is 50.7 Å². The van der Waals surface area contributed by atoms with Crippen molar-refractivity contribution in [2.24, 2.45) is 0 Å². The van der Waals surface area contributed by atoms with Gasteiger partial charge in [-0.15, -0.1) is 11.3 Å². The summed E-state index contributed by atoms with van der Waals surface area (Å²) in [6.07, 6.45) is 0.792. The van der Waals surface area contributed by atoms with Crippen molar-refractivity contribution in [2.45, 2.75) is 6.42 Å². The molecule has 210 valence electrons. The molecule has 0 saturated heterocycles. The van der Waals surface area contributed by atoms with E-state index in [1.54, 1.807) is 23.6 Å². The number of carbonyl (C=O) groups is 2. The summed E-state index contributed by atoms with van der Waals surface area (Å²) < 4.78 is 34.5. The molecule has 3 amide bonds. The zero-order valence-corrected chi connectivity index (χ0v) is 23.5. The molecular formula is C26H27F2N7O3S2. The molecule has 4 aromatic rings. The molecule has 0 unspecified atom stereocenters. The van der Waals surface area contributed by atoms with Crippen LogP contribution in [-0.2, 0) is 0 Å². The monoisotopic (exact) mass is 587 g/mol. The number of nitrogens with one attached hydrogen (secondary N) is 3. The van der Waals surface area contributed by atoms with Crippen molar-refractivity contribution >= 4 is 51.2 Å². The van der Waals surface area contributed by atoms with Gasteiger partial charge in [0.25, 0.3) is 5.91 Å². The molecule has 0 aliphatic carbocycles. The van der Waals surface area contributed by atoms with Crippen LogP contribution in [0.25, 0.3) is 21.1 Å². The number of hydrogen-bond acceptors (Lipinski definition) is 9. The molecule has 0 atom stereocenters. The van der Waals surface area contributed by atoms with Gasteiger partial charge < -0.3 is 26.0 Å². The quantitative estimate of drug-likeness (QED) is 0.189. The summed E-state index contributed by atoms with van der Waals surface area (Å²) in [5.41, 5.74) is 6.31. The average molecular weight is 588 g/mol. The highest BCUT2D eigenvalue weighted by Gasteiger charge is 2.20. The molecule has 14 heteroatoms. The standard InChI is InChI=1S/C26H27F2N7O3S2/c1-35(2)9-5-8-30-25(37)34-26-33-22(29)21(40-26)24-32-20(13-39-24)16-11-19(18(28)12-17(16)27)31-23(36)14-6-4-7-15(10-14)38-3/h4,6-7,10-13H,5,8-9,29H2,1-3H3,(H,31,36)(H2,30,33,34,37). The molecule has 2 heterocycles. The second-order valence-corrected chi connectivity index (χ2v) is 10.7. The van der Waals surface area contributed by atoms with E-state index in [4.69, 9.17) is 10.5 Å². The highest BCUT2D eigenvalue weighted by molar-refractivity contribution is 7.23. The summed E-state index contributed by atoms with van der Waals surface area (Å²) >= 11 is 2.30. The predicted octanol–water partition coefficient (Wildman–Crippen LogP) is 5.13. The molecular weight excluding hydrogens is 560 g/mol. The Balaban J connectivity index is 1.49. The fourth-order valence-corrected chi connectivity index (χ4v) is 5.38. The van der Waals surface area contributed by atoms with E-state index in [0.29, 0.717) is 28.2 Å². The fraction of sp³-hybridized carbons (Fsp3) is 0.231. The van der Waals surface area contributed by atoms with Crippen LogP contribution in [0.3, 0.4) is 0 Å². The first-order chi connectivity index (χ1) is 19.1. The lowest BCUT2D eigenvalue weighted by Gasteiger charge is -2.10. The topological polar surface area (TPSA) is 134 Å². The summed E-state index contributed by atoms with van der Waals surface area (Å²) in [4.78, 5) is 36.0. The Morgan fingerprint density at radius 1 is 1.10 bits per heavy atom. The Hall–Kier alpha value is -4.14. The molecule has 4 rings (SSSR count). The van der Waals surface area contributed by atoms with E-state index in [1.165, 1.54) is 30.6 Å². The van der Waals surface area contributed by atoms with Crippen molar-refractivity contribution in [1.82, 2.24) is 20.2 Å². The lowest BCUT2D eigenvalue weighted by atomic mass is 10.1. The van der Waals surface area contributed by atoms with Gasteiger partial charge in [0.1, 0.15) is 33.1 Å². The second-order valence-electron chi connectivity index (χ2n) is 8.81. The average Bonchev–Trinajstić information content (AvgIpc) is 3.54. The fourth-order valence-electron chi connectivity index (χ4n) is 3.58. The zero-order chi connectivity index (χ0) is 28.8. The lowest BCUT2D eigenvalue weighted by Crippen LogP contribution is -2.31. The van der Waals surface area contributed by atoms with Gasteiger partial charge >= 0.3 is 6.03 Å². The van der Waals surface area contributed by atoms with E-state index in [0.717, 1.165) is 24.3 Å². The predicted molar refractivity (Wildman–Crippen MR) is 154 cm³/mol. The molecule has 0 saturated carbocycles. The number of carbonyl (C=O) groups excluding carboxylic acids is 2. The van der Waals surface area contributed by atoms with E-state index in [1.807, 2.05) is 19.0 Å². The second kappa shape index (κ2) is 12.8. The highest BCUT2D eigenvalue weighted by Crippen LogP contribution is 2.39. The summed E-state index contributed by atoms with van der Waals surface area (Å²) in [5.74, 6) is -1.76. The van der Waals surface area contributed by atoms with Gasteiger partial charge in [0.15, 0.2) is 5.13 Å². The molecule has 2 aromatic heterocycles. The van der Waals surface area contributed by atoms with Gasteiger partial charge in [-0.25, -0.2) is 23.5 Å². The van der Waals surface area contributed by atoms with Crippen molar-refractivity contribution in [1.29, 1.82) is 0 Å². The van der Waals surface area contributed by atoms with Crippen molar-refractivity contribution < 1.29 is 23.1 Å². The number of urea groups is 1. The largest absolute Gasteiger partial charge is 0.497 e.